The molecule has 5 heteroatoms. The number of benzene rings is 1. The molecule has 1 unspecified atom stereocenters. The maximum absolute atomic E-state index is 12.1. The van der Waals surface area contributed by atoms with E-state index in [1.54, 1.807) is 0 Å². The van der Waals surface area contributed by atoms with Crippen molar-refractivity contribution in [2.45, 2.75) is 13.0 Å². The van der Waals surface area contributed by atoms with Gasteiger partial charge in [0, 0.05) is 32.7 Å². The zero-order valence-electron chi connectivity index (χ0n) is 11.1. The van der Waals surface area contributed by atoms with Crippen molar-refractivity contribution in [2.24, 2.45) is 0 Å². The molecule has 0 radical (unpaired) electrons. The molecule has 2 heterocycles. The second-order valence-electron chi connectivity index (χ2n) is 5.15. The van der Waals surface area contributed by atoms with Crippen LogP contribution in [0, 0.1) is 6.92 Å². The molecular formula is C14H19N3O2. The molecule has 0 aromatic heterocycles. The van der Waals surface area contributed by atoms with Crippen LogP contribution in [0.5, 0.6) is 5.75 Å². The molecule has 3 rings (SSSR count). The number of amides is 1. The number of piperazine rings is 1. The maximum atomic E-state index is 12.1. The number of fused-ring (bicyclic) bond motifs is 1. The Morgan fingerprint density at radius 2 is 2.16 bits per heavy atom. The van der Waals surface area contributed by atoms with E-state index in [9.17, 15) is 4.79 Å². The van der Waals surface area contributed by atoms with Crippen molar-refractivity contribution in [3.63, 3.8) is 0 Å². The SMILES string of the molecule is Cc1ccc2c(c1)NC(=O)C(CN1CCNCC1)O2. The Morgan fingerprint density at radius 3 is 2.95 bits per heavy atom. The molecule has 1 amide bonds. The summed E-state index contributed by atoms with van der Waals surface area (Å²) in [5, 5.41) is 6.24. The van der Waals surface area contributed by atoms with Gasteiger partial charge in [-0.3, -0.25) is 9.69 Å². The maximum Gasteiger partial charge on any atom is 0.266 e. The van der Waals surface area contributed by atoms with Crippen LogP contribution >= 0.6 is 0 Å². The molecule has 2 N–H and O–H groups in total. The van der Waals surface area contributed by atoms with E-state index >= 15 is 0 Å². The molecule has 19 heavy (non-hydrogen) atoms. The highest BCUT2D eigenvalue weighted by Crippen LogP contribution is 2.30. The van der Waals surface area contributed by atoms with Crippen LogP contribution in [-0.2, 0) is 4.79 Å². The second-order valence-corrected chi connectivity index (χ2v) is 5.15. The van der Waals surface area contributed by atoms with Gasteiger partial charge in [0.25, 0.3) is 5.91 Å². The van der Waals surface area contributed by atoms with Crippen molar-refractivity contribution in [1.29, 1.82) is 0 Å². The summed E-state index contributed by atoms with van der Waals surface area (Å²) >= 11 is 0. The first kappa shape index (κ1) is 12.4. The minimum absolute atomic E-state index is 0.0448. The average molecular weight is 261 g/mol. The zero-order valence-corrected chi connectivity index (χ0v) is 11.1. The lowest BCUT2D eigenvalue weighted by atomic mass is 10.1. The fourth-order valence-electron chi connectivity index (χ4n) is 2.51. The number of carbonyl (C=O) groups excluding carboxylic acids is 1. The quantitative estimate of drug-likeness (QED) is 0.818. The van der Waals surface area contributed by atoms with E-state index in [1.807, 2.05) is 25.1 Å². The fourth-order valence-corrected chi connectivity index (χ4v) is 2.51. The van der Waals surface area contributed by atoms with Crippen LogP contribution in [0.25, 0.3) is 0 Å². The third-order valence-electron chi connectivity index (χ3n) is 3.59. The van der Waals surface area contributed by atoms with Gasteiger partial charge < -0.3 is 15.4 Å². The molecular weight excluding hydrogens is 242 g/mol. The van der Waals surface area contributed by atoms with Gasteiger partial charge in [0.15, 0.2) is 6.10 Å². The lowest BCUT2D eigenvalue weighted by Gasteiger charge is -2.32. The van der Waals surface area contributed by atoms with Crippen LogP contribution in [0.3, 0.4) is 0 Å². The summed E-state index contributed by atoms with van der Waals surface area (Å²) in [6.07, 6.45) is -0.409. The van der Waals surface area contributed by atoms with E-state index in [0.717, 1.165) is 43.2 Å². The number of nitrogens with zero attached hydrogens (tertiary/aromatic N) is 1. The van der Waals surface area contributed by atoms with E-state index in [0.29, 0.717) is 6.54 Å². The summed E-state index contributed by atoms with van der Waals surface area (Å²) in [5.41, 5.74) is 1.89. The molecule has 0 aliphatic carbocycles. The first-order valence-corrected chi connectivity index (χ1v) is 6.73. The highest BCUT2D eigenvalue weighted by Gasteiger charge is 2.29. The molecule has 0 bridgehead atoms. The predicted molar refractivity (Wildman–Crippen MR) is 73.5 cm³/mol. The first-order valence-electron chi connectivity index (χ1n) is 6.73. The summed E-state index contributed by atoms with van der Waals surface area (Å²) in [6, 6.07) is 5.86. The van der Waals surface area contributed by atoms with Crippen molar-refractivity contribution in [3.8, 4) is 5.75 Å². The molecule has 1 aromatic rings. The Balaban J connectivity index is 1.70. The summed E-state index contributed by atoms with van der Waals surface area (Å²) in [7, 11) is 0. The average Bonchev–Trinajstić information content (AvgIpc) is 2.41. The van der Waals surface area contributed by atoms with Gasteiger partial charge in [0.1, 0.15) is 5.75 Å². The number of carbonyl (C=O) groups is 1. The highest BCUT2D eigenvalue weighted by molar-refractivity contribution is 5.98. The molecule has 0 spiro atoms. The van der Waals surface area contributed by atoms with Crippen LogP contribution in [-0.4, -0.2) is 49.6 Å². The third kappa shape index (κ3) is 2.72. The van der Waals surface area contributed by atoms with Gasteiger partial charge in [-0.2, -0.15) is 0 Å². The highest BCUT2D eigenvalue weighted by atomic mass is 16.5. The van der Waals surface area contributed by atoms with Crippen LogP contribution < -0.4 is 15.4 Å². The number of aryl methyl sites for hydroxylation is 1. The summed E-state index contributed by atoms with van der Waals surface area (Å²) in [4.78, 5) is 14.3. The molecule has 102 valence electrons. The molecule has 0 saturated carbocycles. The summed E-state index contributed by atoms with van der Waals surface area (Å²) < 4.78 is 5.83. The van der Waals surface area contributed by atoms with Gasteiger partial charge in [-0.05, 0) is 24.6 Å². The number of hydrogen-bond donors (Lipinski definition) is 2. The summed E-state index contributed by atoms with van der Waals surface area (Å²) in [6.45, 7) is 6.54. The molecule has 1 saturated heterocycles. The monoisotopic (exact) mass is 261 g/mol. The van der Waals surface area contributed by atoms with E-state index in [4.69, 9.17) is 4.74 Å². The van der Waals surface area contributed by atoms with E-state index in [-0.39, 0.29) is 5.91 Å². The molecule has 1 fully saturated rings. The van der Waals surface area contributed by atoms with Gasteiger partial charge >= 0.3 is 0 Å². The summed E-state index contributed by atoms with van der Waals surface area (Å²) in [5.74, 6) is 0.724. The van der Waals surface area contributed by atoms with Crippen LogP contribution in [0.1, 0.15) is 5.56 Å². The topological polar surface area (TPSA) is 53.6 Å². The van der Waals surface area contributed by atoms with Crippen LogP contribution in [0.2, 0.25) is 0 Å². The minimum Gasteiger partial charge on any atom is -0.477 e. The zero-order chi connectivity index (χ0) is 13.2. The molecule has 2 aliphatic rings. The van der Waals surface area contributed by atoms with Gasteiger partial charge in [0.05, 0.1) is 5.69 Å². The van der Waals surface area contributed by atoms with Crippen LogP contribution in [0.4, 0.5) is 5.69 Å². The van der Waals surface area contributed by atoms with Gasteiger partial charge in [0.2, 0.25) is 0 Å². The number of ether oxygens (including phenoxy) is 1. The number of rotatable bonds is 2. The normalized spacial score (nSPS) is 23.4. The van der Waals surface area contributed by atoms with E-state index < -0.39 is 6.10 Å². The first-order chi connectivity index (χ1) is 9.22. The molecule has 1 atom stereocenters. The fraction of sp³-hybridized carbons (Fsp3) is 0.500. The van der Waals surface area contributed by atoms with Gasteiger partial charge in [-0.25, -0.2) is 0 Å². The van der Waals surface area contributed by atoms with Crippen molar-refractivity contribution >= 4 is 11.6 Å². The Kier molecular flexibility index (Phi) is 3.40. The lowest BCUT2D eigenvalue weighted by molar-refractivity contribution is -0.124. The number of nitrogens with one attached hydrogen (secondary N) is 2. The Labute approximate surface area is 112 Å². The minimum atomic E-state index is -0.409. The second kappa shape index (κ2) is 5.19. The Morgan fingerprint density at radius 1 is 1.37 bits per heavy atom. The lowest BCUT2D eigenvalue weighted by Crippen LogP contribution is -2.51. The van der Waals surface area contributed by atoms with Crippen molar-refractivity contribution in [1.82, 2.24) is 10.2 Å². The van der Waals surface area contributed by atoms with Gasteiger partial charge in [-0.15, -0.1) is 0 Å². The molecule has 1 aromatic carbocycles. The predicted octanol–water partition coefficient (Wildman–Crippen LogP) is 0.600. The Bertz CT molecular complexity index is 484. The van der Waals surface area contributed by atoms with E-state index in [2.05, 4.69) is 15.5 Å². The van der Waals surface area contributed by atoms with Crippen molar-refractivity contribution in [2.75, 3.05) is 38.0 Å². The van der Waals surface area contributed by atoms with Crippen molar-refractivity contribution in [3.05, 3.63) is 23.8 Å². The van der Waals surface area contributed by atoms with Crippen molar-refractivity contribution < 1.29 is 9.53 Å². The third-order valence-corrected chi connectivity index (χ3v) is 3.59. The molecule has 2 aliphatic heterocycles. The van der Waals surface area contributed by atoms with Gasteiger partial charge in [-0.1, -0.05) is 6.07 Å². The molecule has 5 nitrogen and oxygen atoms in total. The standard InChI is InChI=1S/C14H19N3O2/c1-10-2-3-12-11(8-10)16-14(18)13(19-12)9-17-6-4-15-5-7-17/h2-3,8,13,15H,4-7,9H2,1H3,(H,16,18). The smallest absolute Gasteiger partial charge is 0.266 e. The number of anilines is 1. The van der Waals surface area contributed by atoms with Crippen LogP contribution in [0.15, 0.2) is 18.2 Å². The van der Waals surface area contributed by atoms with E-state index in [1.165, 1.54) is 0 Å². The Hall–Kier alpha value is -1.59. The number of hydrogen-bond acceptors (Lipinski definition) is 4. The largest absolute Gasteiger partial charge is 0.477 e.